The Kier molecular flexibility index (Phi) is 13.2. The van der Waals surface area contributed by atoms with E-state index < -0.39 is 36.8 Å². The number of halogens is 1. The first kappa shape index (κ1) is 43.9. The van der Waals surface area contributed by atoms with E-state index in [1.54, 1.807) is 38.6 Å². The van der Waals surface area contributed by atoms with Crippen LogP contribution in [0.15, 0.2) is 66.9 Å². The Hall–Kier alpha value is -5.78. The fraction of sp³-hybridized carbons (Fsp3) is 0.391. The predicted octanol–water partition coefficient (Wildman–Crippen LogP) is 5.69. The van der Waals surface area contributed by atoms with Crippen LogP contribution in [0, 0.1) is 11.8 Å². The van der Waals surface area contributed by atoms with Crippen LogP contribution >= 0.6 is 18.7 Å². The summed E-state index contributed by atoms with van der Waals surface area (Å²) in [6.45, 7) is 10.3. The number of ether oxygens (including phenoxy) is 1. The van der Waals surface area contributed by atoms with E-state index >= 15 is 0 Å². The van der Waals surface area contributed by atoms with Crippen molar-refractivity contribution in [3.63, 3.8) is 0 Å². The Morgan fingerprint density at radius 3 is 2.43 bits per heavy atom. The molecule has 4 amide bonds. The van der Waals surface area contributed by atoms with Gasteiger partial charge in [0.25, 0.3) is 11.8 Å². The van der Waals surface area contributed by atoms with Crippen molar-refractivity contribution in [2.75, 3.05) is 81.8 Å². The van der Waals surface area contributed by atoms with E-state index in [1.165, 1.54) is 6.20 Å². The average Bonchev–Trinajstić information content (AvgIpc) is 3.53. The van der Waals surface area contributed by atoms with E-state index in [0.717, 1.165) is 81.4 Å². The smallest absolute Gasteiger partial charge is 0.263 e. The van der Waals surface area contributed by atoms with E-state index in [4.69, 9.17) is 16.3 Å². The zero-order valence-electron chi connectivity index (χ0n) is 35.7. The number of aromatic nitrogens is 2. The standard InChI is InChI=1S/C46H51ClN9O6P/c1-62-38-28-32(15-16-35(38)50-46-48-29-34(47)42(52-46)49-36-13-6-7-14-39(36)63(2,3)61)54-22-19-31(20-23-54)55-26-24-53(25-27-55)21-8-4-5-10-30-11-9-12-33-41(30)45(60)56(44(33)59)37-17-18-40(57)51-43(37)58/h6-7,9,11-16,28-29,31,37H,4,8,17-27H2,1-3H3,(H,51,57,58)(H2,48,49,50,52). The van der Waals surface area contributed by atoms with Gasteiger partial charge in [-0.2, -0.15) is 4.98 Å². The highest BCUT2D eigenvalue weighted by Crippen LogP contribution is 2.39. The van der Waals surface area contributed by atoms with Crippen molar-refractivity contribution in [3.8, 4) is 17.6 Å². The van der Waals surface area contributed by atoms with Crippen molar-refractivity contribution in [1.29, 1.82) is 0 Å². The number of methoxy groups -OCH3 is 1. The van der Waals surface area contributed by atoms with Crippen LogP contribution in [0.3, 0.4) is 0 Å². The first-order valence-electron chi connectivity index (χ1n) is 21.3. The summed E-state index contributed by atoms with van der Waals surface area (Å²) in [5.74, 6) is 5.62. The van der Waals surface area contributed by atoms with Gasteiger partial charge in [-0.1, -0.05) is 41.6 Å². The normalized spacial score (nSPS) is 18.8. The molecule has 4 aliphatic rings. The van der Waals surface area contributed by atoms with Crippen LogP contribution in [-0.2, 0) is 14.2 Å². The van der Waals surface area contributed by atoms with Gasteiger partial charge in [0.2, 0.25) is 17.8 Å². The average molecular weight is 892 g/mol. The number of hydrogen-bond donors (Lipinski definition) is 3. The molecule has 8 rings (SSSR count). The lowest BCUT2D eigenvalue weighted by molar-refractivity contribution is -0.136. The van der Waals surface area contributed by atoms with Crippen LogP contribution in [0.5, 0.6) is 5.75 Å². The third-order valence-electron chi connectivity index (χ3n) is 12.1. The SMILES string of the molecule is COc1cc(N2CCC(N3CCN(CCCC#Cc4cccc5c4C(=O)N(C4CCC(=O)NC4=O)C5=O)CC3)CC2)ccc1Nc1ncc(Cl)c(Nc2ccccc2P(C)(C)=O)n1. The highest BCUT2D eigenvalue weighted by Gasteiger charge is 2.45. The summed E-state index contributed by atoms with van der Waals surface area (Å²) in [6.07, 6.45) is 5.40. The van der Waals surface area contributed by atoms with Crippen molar-refractivity contribution in [2.24, 2.45) is 0 Å². The lowest BCUT2D eigenvalue weighted by Gasteiger charge is -2.43. The van der Waals surface area contributed by atoms with Gasteiger partial charge < -0.3 is 29.7 Å². The highest BCUT2D eigenvalue weighted by molar-refractivity contribution is 7.70. The third kappa shape index (κ3) is 9.75. The molecule has 0 bridgehead atoms. The number of benzene rings is 3. The maximum atomic E-state index is 13.4. The molecule has 3 saturated heterocycles. The summed E-state index contributed by atoms with van der Waals surface area (Å²) in [4.78, 5) is 68.1. The van der Waals surface area contributed by atoms with Crippen molar-refractivity contribution in [2.45, 2.75) is 50.6 Å². The summed E-state index contributed by atoms with van der Waals surface area (Å²) in [7, 11) is -0.907. The zero-order valence-corrected chi connectivity index (χ0v) is 37.3. The van der Waals surface area contributed by atoms with E-state index in [1.807, 2.05) is 36.4 Å². The Morgan fingerprint density at radius 1 is 0.905 bits per heavy atom. The molecule has 4 aromatic rings. The van der Waals surface area contributed by atoms with Crippen LogP contribution in [-0.4, -0.2) is 127 Å². The van der Waals surface area contributed by atoms with E-state index in [2.05, 4.69) is 58.5 Å². The molecule has 5 heterocycles. The number of fused-ring (bicyclic) bond motifs is 1. The Morgan fingerprint density at radius 2 is 1.68 bits per heavy atom. The summed E-state index contributed by atoms with van der Waals surface area (Å²) in [6, 6.07) is 18.1. The molecule has 0 radical (unpaired) electrons. The van der Waals surface area contributed by atoms with Gasteiger partial charge in [0.15, 0.2) is 5.82 Å². The first-order valence-corrected chi connectivity index (χ1v) is 24.3. The summed E-state index contributed by atoms with van der Waals surface area (Å²) in [5.41, 5.74) is 3.44. The number of nitrogens with zero attached hydrogens (tertiary/aromatic N) is 6. The number of piperidine rings is 2. The second-order valence-electron chi connectivity index (χ2n) is 16.6. The lowest BCUT2D eigenvalue weighted by Crippen LogP contribution is -2.54. The summed E-state index contributed by atoms with van der Waals surface area (Å²) in [5, 5.41) is 9.80. The van der Waals surface area contributed by atoms with Crippen molar-refractivity contribution < 1.29 is 28.5 Å². The minimum absolute atomic E-state index is 0.0751. The molecule has 3 N–H and O–H groups in total. The minimum atomic E-state index is -2.55. The van der Waals surface area contributed by atoms with Crippen LogP contribution < -0.4 is 30.9 Å². The number of amides is 4. The Bertz CT molecular complexity index is 2540. The number of imide groups is 2. The molecule has 0 spiro atoms. The van der Waals surface area contributed by atoms with Crippen LogP contribution in [0.25, 0.3) is 0 Å². The molecule has 1 aromatic heterocycles. The van der Waals surface area contributed by atoms with Gasteiger partial charge in [0, 0.05) is 80.8 Å². The molecule has 0 aliphatic carbocycles. The van der Waals surface area contributed by atoms with E-state index in [9.17, 15) is 23.7 Å². The van der Waals surface area contributed by atoms with Gasteiger partial charge >= 0.3 is 0 Å². The van der Waals surface area contributed by atoms with Crippen molar-refractivity contribution in [1.82, 2.24) is 30.0 Å². The number of anilines is 5. The maximum Gasteiger partial charge on any atom is 0.263 e. The number of nitrogens with one attached hydrogen (secondary N) is 3. The number of rotatable bonds is 12. The highest BCUT2D eigenvalue weighted by atomic mass is 35.5. The molecule has 328 valence electrons. The van der Waals surface area contributed by atoms with Gasteiger partial charge in [-0.05, 0) is 82.0 Å². The lowest BCUT2D eigenvalue weighted by atomic mass is 10.0. The minimum Gasteiger partial charge on any atom is -0.494 e. The van der Waals surface area contributed by atoms with Crippen molar-refractivity contribution >= 4 is 76.5 Å². The van der Waals surface area contributed by atoms with E-state index in [0.29, 0.717) is 51.6 Å². The second kappa shape index (κ2) is 18.9. The fourth-order valence-corrected chi connectivity index (χ4v) is 10.1. The van der Waals surface area contributed by atoms with Crippen LogP contribution in [0.2, 0.25) is 5.02 Å². The molecule has 1 atom stereocenters. The predicted molar refractivity (Wildman–Crippen MR) is 245 cm³/mol. The van der Waals surface area contributed by atoms with Gasteiger partial charge in [0.1, 0.15) is 24.0 Å². The number of carbonyl (C=O) groups is 4. The molecule has 1 unspecified atom stereocenters. The third-order valence-corrected chi connectivity index (χ3v) is 14.0. The molecule has 63 heavy (non-hydrogen) atoms. The first-order chi connectivity index (χ1) is 30.4. The molecule has 15 nitrogen and oxygen atoms in total. The number of hydrogen-bond acceptors (Lipinski definition) is 13. The van der Waals surface area contributed by atoms with Gasteiger partial charge in [-0.15, -0.1) is 0 Å². The Balaban J connectivity index is 0.789. The van der Waals surface area contributed by atoms with Gasteiger partial charge in [0.05, 0.1) is 35.8 Å². The second-order valence-corrected chi connectivity index (χ2v) is 20.2. The topological polar surface area (TPSA) is 169 Å². The van der Waals surface area contributed by atoms with Gasteiger partial charge in [-0.25, -0.2) is 4.98 Å². The largest absolute Gasteiger partial charge is 0.494 e. The zero-order chi connectivity index (χ0) is 44.3. The molecule has 4 aliphatic heterocycles. The Labute approximate surface area is 372 Å². The number of piperazine rings is 1. The molecular weight excluding hydrogens is 841 g/mol. The number of unbranched alkanes of at least 4 members (excludes halogenated alkanes) is 1. The molecule has 17 heteroatoms. The monoisotopic (exact) mass is 891 g/mol. The maximum absolute atomic E-state index is 13.4. The number of para-hydroxylation sites is 1. The van der Waals surface area contributed by atoms with Crippen molar-refractivity contribution in [3.05, 3.63) is 88.6 Å². The quantitative estimate of drug-likeness (QED) is 0.0687. The molecular formula is C46H51ClN9O6P. The number of carbonyl (C=O) groups excluding carboxylic acids is 4. The van der Waals surface area contributed by atoms with Gasteiger partial charge in [-0.3, -0.25) is 34.3 Å². The summed E-state index contributed by atoms with van der Waals surface area (Å²) >= 11 is 6.48. The van der Waals surface area contributed by atoms with Crippen LogP contribution in [0.4, 0.5) is 28.8 Å². The van der Waals surface area contributed by atoms with E-state index in [-0.39, 0.29) is 24.0 Å². The fourth-order valence-electron chi connectivity index (χ4n) is 8.80. The molecule has 0 saturated carbocycles. The molecule has 3 fully saturated rings. The van der Waals surface area contributed by atoms with Crippen LogP contribution in [0.1, 0.15) is 64.8 Å². The molecule has 3 aromatic carbocycles. The summed E-state index contributed by atoms with van der Waals surface area (Å²) < 4.78 is 18.7.